The summed E-state index contributed by atoms with van der Waals surface area (Å²) in [6.45, 7) is 1.30. The monoisotopic (exact) mass is 461 g/mol. The summed E-state index contributed by atoms with van der Waals surface area (Å²) in [5.74, 6) is 1.48. The Morgan fingerprint density at radius 1 is 1.09 bits per heavy atom. The molecule has 0 saturated carbocycles. The highest BCUT2D eigenvalue weighted by molar-refractivity contribution is 7.18. The number of aryl methyl sites for hydroxylation is 1. The minimum absolute atomic E-state index is 0.0677. The largest absolute Gasteiger partial charge is 0.493 e. The van der Waals surface area contributed by atoms with Crippen molar-refractivity contribution in [3.8, 4) is 11.5 Å². The fourth-order valence-corrected chi connectivity index (χ4v) is 5.78. The minimum atomic E-state index is 0.0677. The molecule has 2 heterocycles. The van der Waals surface area contributed by atoms with Crippen LogP contribution in [0.15, 0.2) is 59.7 Å². The summed E-state index contributed by atoms with van der Waals surface area (Å²) in [5, 5.41) is 4.49. The molecule has 0 radical (unpaired) electrons. The van der Waals surface area contributed by atoms with E-state index in [1.54, 1.807) is 36.5 Å². The van der Waals surface area contributed by atoms with E-state index in [2.05, 4.69) is 16.4 Å². The van der Waals surface area contributed by atoms with E-state index in [9.17, 15) is 4.79 Å². The molecule has 1 aliphatic carbocycles. The number of ether oxygens (including phenoxy) is 2. The average molecular weight is 462 g/mol. The maximum absolute atomic E-state index is 13.3. The Labute approximate surface area is 196 Å². The van der Waals surface area contributed by atoms with Crippen LogP contribution in [0.4, 0.5) is 0 Å². The molecule has 1 aliphatic rings. The molecule has 0 aliphatic heterocycles. The molecule has 1 N–H and O–H groups in total. The Kier molecular flexibility index (Phi) is 6.15. The highest BCUT2D eigenvalue weighted by atomic mass is 32.1. The summed E-state index contributed by atoms with van der Waals surface area (Å²) in [5.41, 5.74) is 3.52. The van der Waals surface area contributed by atoms with Crippen molar-refractivity contribution >= 4 is 21.6 Å². The number of methoxy groups -OCH3 is 2. The van der Waals surface area contributed by atoms with E-state index in [1.807, 2.05) is 42.5 Å². The first-order chi connectivity index (χ1) is 16.2. The van der Waals surface area contributed by atoms with Crippen molar-refractivity contribution in [3.63, 3.8) is 0 Å². The number of fused-ring (bicyclic) bond motifs is 3. The summed E-state index contributed by atoms with van der Waals surface area (Å²) >= 11 is 1.66. The third kappa shape index (κ3) is 4.38. The van der Waals surface area contributed by atoms with Crippen LogP contribution in [0.25, 0.3) is 10.2 Å². The van der Waals surface area contributed by atoms with Gasteiger partial charge in [0.05, 0.1) is 32.5 Å². The van der Waals surface area contributed by atoms with Gasteiger partial charge in [0, 0.05) is 17.5 Å². The lowest BCUT2D eigenvalue weighted by Gasteiger charge is -2.23. The predicted molar refractivity (Wildman–Crippen MR) is 132 cm³/mol. The zero-order chi connectivity index (χ0) is 22.8. The number of benzene rings is 2. The predicted octanol–water partition coefficient (Wildman–Crippen LogP) is 4.17. The van der Waals surface area contributed by atoms with Crippen molar-refractivity contribution in [3.05, 3.63) is 86.8 Å². The lowest BCUT2D eigenvalue weighted by Crippen LogP contribution is -2.33. The molecule has 6 nitrogen and oxygen atoms in total. The molecule has 170 valence electrons. The molecular formula is C26H27N3O3S. The van der Waals surface area contributed by atoms with Gasteiger partial charge in [0.1, 0.15) is 4.83 Å². The Balaban J connectivity index is 1.32. The molecule has 0 saturated heterocycles. The van der Waals surface area contributed by atoms with Crippen LogP contribution < -0.4 is 20.3 Å². The van der Waals surface area contributed by atoms with Gasteiger partial charge in [0.15, 0.2) is 11.5 Å². The summed E-state index contributed by atoms with van der Waals surface area (Å²) in [6.07, 6.45) is 4.50. The van der Waals surface area contributed by atoms with E-state index >= 15 is 0 Å². The molecule has 0 fully saturated rings. The van der Waals surface area contributed by atoms with Gasteiger partial charge >= 0.3 is 0 Å². The van der Waals surface area contributed by atoms with E-state index in [0.29, 0.717) is 12.6 Å². The van der Waals surface area contributed by atoms with Gasteiger partial charge in [-0.3, -0.25) is 9.36 Å². The van der Waals surface area contributed by atoms with Crippen LogP contribution in [0.5, 0.6) is 11.5 Å². The van der Waals surface area contributed by atoms with Gasteiger partial charge < -0.3 is 14.8 Å². The van der Waals surface area contributed by atoms with Gasteiger partial charge in [-0.25, -0.2) is 4.98 Å². The smallest absolute Gasteiger partial charge is 0.262 e. The third-order valence-corrected chi connectivity index (χ3v) is 7.44. The van der Waals surface area contributed by atoms with Crippen molar-refractivity contribution in [1.82, 2.24) is 14.9 Å². The van der Waals surface area contributed by atoms with Gasteiger partial charge in [-0.15, -0.1) is 11.3 Å². The molecule has 0 unspecified atom stereocenters. The van der Waals surface area contributed by atoms with Crippen LogP contribution in [-0.4, -0.2) is 29.8 Å². The third-order valence-electron chi connectivity index (χ3n) is 6.27. The first kappa shape index (κ1) is 21.7. The number of thiophene rings is 1. The maximum atomic E-state index is 13.3. The number of hydrogen-bond acceptors (Lipinski definition) is 6. The number of nitrogens with one attached hydrogen (secondary N) is 1. The standard InChI is InChI=1S/C26H27N3O3S/c1-31-21-11-8-18(12-22(21)32-2)14-27-19-9-10-20-23(13-19)33-25-24(20)26(30)29(16-28-25)15-17-6-4-3-5-7-17/h3-8,11-12,16,19,27H,9-10,13-15H2,1-2H3/t19-/m1/s1. The van der Waals surface area contributed by atoms with Crippen molar-refractivity contribution in [1.29, 1.82) is 0 Å². The number of rotatable bonds is 7. The number of hydrogen-bond donors (Lipinski definition) is 1. The Morgan fingerprint density at radius 3 is 2.70 bits per heavy atom. The summed E-state index contributed by atoms with van der Waals surface area (Å²) in [7, 11) is 3.30. The van der Waals surface area contributed by atoms with Crippen LogP contribution in [0, 0.1) is 0 Å². The van der Waals surface area contributed by atoms with Gasteiger partial charge in [0.25, 0.3) is 5.56 Å². The first-order valence-corrected chi connectivity index (χ1v) is 12.0. The molecular weight excluding hydrogens is 434 g/mol. The van der Waals surface area contributed by atoms with Crippen LogP contribution in [0.2, 0.25) is 0 Å². The molecule has 0 amide bonds. The van der Waals surface area contributed by atoms with Crippen LogP contribution in [0.3, 0.4) is 0 Å². The Bertz CT molecular complexity index is 1330. The Morgan fingerprint density at radius 2 is 1.91 bits per heavy atom. The second-order valence-corrected chi connectivity index (χ2v) is 9.44. The molecule has 0 bridgehead atoms. The van der Waals surface area contributed by atoms with Gasteiger partial charge in [-0.05, 0) is 48.1 Å². The van der Waals surface area contributed by atoms with Crippen molar-refractivity contribution < 1.29 is 9.47 Å². The van der Waals surface area contributed by atoms with Crippen LogP contribution in [0.1, 0.15) is 28.0 Å². The summed E-state index contributed by atoms with van der Waals surface area (Å²) < 4.78 is 12.5. The van der Waals surface area contributed by atoms with Gasteiger partial charge in [0.2, 0.25) is 0 Å². The number of aromatic nitrogens is 2. The topological polar surface area (TPSA) is 65.4 Å². The number of nitrogens with zero attached hydrogens (tertiary/aromatic N) is 2. The minimum Gasteiger partial charge on any atom is -0.493 e. The zero-order valence-corrected chi connectivity index (χ0v) is 19.7. The lowest BCUT2D eigenvalue weighted by atomic mass is 9.93. The Hall–Kier alpha value is -3.16. The molecule has 4 aromatic rings. The fraction of sp³-hybridized carbons (Fsp3) is 0.308. The highest BCUT2D eigenvalue weighted by Gasteiger charge is 2.25. The first-order valence-electron chi connectivity index (χ1n) is 11.1. The van der Waals surface area contributed by atoms with Crippen molar-refractivity contribution in [2.24, 2.45) is 0 Å². The fourth-order valence-electron chi connectivity index (χ4n) is 4.52. The molecule has 0 spiro atoms. The molecule has 1 atom stereocenters. The molecule has 2 aromatic heterocycles. The molecule has 33 heavy (non-hydrogen) atoms. The maximum Gasteiger partial charge on any atom is 0.262 e. The highest BCUT2D eigenvalue weighted by Crippen LogP contribution is 2.34. The van der Waals surface area contributed by atoms with Crippen LogP contribution >= 0.6 is 11.3 Å². The van der Waals surface area contributed by atoms with Crippen molar-refractivity contribution in [2.45, 2.75) is 38.4 Å². The van der Waals surface area contributed by atoms with E-state index in [1.165, 1.54) is 10.4 Å². The molecule has 7 heteroatoms. The van der Waals surface area contributed by atoms with Gasteiger partial charge in [-0.1, -0.05) is 36.4 Å². The van der Waals surface area contributed by atoms with E-state index in [0.717, 1.165) is 58.6 Å². The zero-order valence-electron chi connectivity index (χ0n) is 18.8. The van der Waals surface area contributed by atoms with E-state index in [4.69, 9.17) is 9.47 Å². The second kappa shape index (κ2) is 9.37. The van der Waals surface area contributed by atoms with Crippen LogP contribution in [-0.2, 0) is 25.9 Å². The SMILES string of the molecule is COc1ccc(CN[C@@H]2CCc3c(sc4ncn(Cc5ccccc5)c(=O)c34)C2)cc1OC. The van der Waals surface area contributed by atoms with E-state index < -0.39 is 0 Å². The van der Waals surface area contributed by atoms with Gasteiger partial charge in [-0.2, -0.15) is 0 Å². The lowest BCUT2D eigenvalue weighted by molar-refractivity contribution is 0.354. The van der Waals surface area contributed by atoms with E-state index in [-0.39, 0.29) is 5.56 Å². The second-order valence-electron chi connectivity index (χ2n) is 8.36. The quantitative estimate of drug-likeness (QED) is 0.448. The summed E-state index contributed by atoms with van der Waals surface area (Å²) in [4.78, 5) is 20.0. The molecule has 2 aromatic carbocycles. The summed E-state index contributed by atoms with van der Waals surface area (Å²) in [6, 6.07) is 16.4. The van der Waals surface area contributed by atoms with Crippen molar-refractivity contribution in [2.75, 3.05) is 14.2 Å². The normalized spacial score (nSPS) is 15.4. The molecule has 5 rings (SSSR count). The average Bonchev–Trinajstić information content (AvgIpc) is 3.23.